The molecule has 1 aromatic heterocycles. The van der Waals surface area contributed by atoms with E-state index in [0.29, 0.717) is 12.6 Å². The Morgan fingerprint density at radius 2 is 1.58 bits per heavy atom. The Morgan fingerprint density at radius 3 is 2.29 bits per heavy atom. The molecule has 0 amide bonds. The highest BCUT2D eigenvalue weighted by Crippen LogP contribution is 2.28. The Hall–Kier alpha value is -3.02. The summed E-state index contributed by atoms with van der Waals surface area (Å²) in [5.41, 5.74) is 4.77. The third kappa shape index (κ3) is 4.11. The summed E-state index contributed by atoms with van der Waals surface area (Å²) < 4.78 is 4.79. The Kier molecular flexibility index (Phi) is 5.53. The molecule has 1 atom stereocenters. The molecule has 1 aliphatic heterocycles. The molecule has 0 aliphatic carbocycles. The molecule has 156 valence electrons. The van der Waals surface area contributed by atoms with E-state index in [4.69, 9.17) is 17.3 Å². The molecule has 5 heteroatoms. The van der Waals surface area contributed by atoms with Crippen LogP contribution in [0, 0.1) is 11.7 Å². The second-order valence-electron chi connectivity index (χ2n) is 8.26. The van der Waals surface area contributed by atoms with Gasteiger partial charge < -0.3 is 0 Å². The number of hydrogen-bond acceptors (Lipinski definition) is 3. The van der Waals surface area contributed by atoms with Crippen molar-refractivity contribution < 1.29 is 0 Å². The van der Waals surface area contributed by atoms with Crippen molar-refractivity contribution in [3.8, 4) is 17.1 Å². The maximum Gasteiger partial charge on any atom is 0.204 e. The van der Waals surface area contributed by atoms with E-state index < -0.39 is 0 Å². The third-order valence-corrected chi connectivity index (χ3v) is 6.43. The molecule has 0 bridgehead atoms. The lowest BCUT2D eigenvalue weighted by molar-refractivity contribution is 0.250. The normalized spacial score (nSPS) is 16.6. The van der Waals surface area contributed by atoms with Gasteiger partial charge in [-0.25, -0.2) is 4.68 Å². The summed E-state index contributed by atoms with van der Waals surface area (Å²) in [6.45, 7) is 4.90. The van der Waals surface area contributed by atoms with Gasteiger partial charge in [0, 0.05) is 24.3 Å². The highest BCUT2D eigenvalue weighted by Gasteiger charge is 2.25. The zero-order valence-corrected chi connectivity index (χ0v) is 18.5. The minimum absolute atomic E-state index is 0.572. The van der Waals surface area contributed by atoms with Crippen LogP contribution in [0.15, 0.2) is 84.9 Å². The number of hydrogen-bond donors (Lipinski definition) is 0. The second-order valence-corrected chi connectivity index (χ2v) is 8.62. The molecular formula is C26H26N4S. The van der Waals surface area contributed by atoms with Gasteiger partial charge in [-0.1, -0.05) is 78.4 Å². The molecule has 0 saturated carbocycles. The summed E-state index contributed by atoms with van der Waals surface area (Å²) in [5.74, 6) is 1.46. The van der Waals surface area contributed by atoms with Crippen molar-refractivity contribution in [2.45, 2.75) is 25.9 Å². The average molecular weight is 427 g/mol. The van der Waals surface area contributed by atoms with E-state index in [9.17, 15) is 0 Å². The number of nitrogens with zero attached hydrogens (tertiary/aromatic N) is 4. The molecule has 0 N–H and O–H groups in total. The minimum Gasteiger partial charge on any atom is -0.284 e. The molecule has 1 unspecified atom stereocenters. The maximum atomic E-state index is 5.91. The summed E-state index contributed by atoms with van der Waals surface area (Å²) in [7, 11) is 0. The molecule has 3 aromatic carbocycles. The van der Waals surface area contributed by atoms with Crippen molar-refractivity contribution >= 4 is 12.2 Å². The van der Waals surface area contributed by atoms with Gasteiger partial charge in [0.1, 0.15) is 0 Å². The molecule has 4 nitrogen and oxygen atoms in total. The van der Waals surface area contributed by atoms with E-state index in [1.54, 1.807) is 0 Å². The molecule has 0 radical (unpaired) electrons. The summed E-state index contributed by atoms with van der Waals surface area (Å²) in [6, 6.07) is 29.6. The molecule has 1 saturated heterocycles. The number of rotatable bonds is 5. The Balaban J connectivity index is 1.47. The second kappa shape index (κ2) is 8.61. The summed E-state index contributed by atoms with van der Waals surface area (Å²) in [4.78, 5) is 2.45. The molecule has 1 aliphatic rings. The molecule has 1 fully saturated rings. The van der Waals surface area contributed by atoms with E-state index in [0.717, 1.165) is 34.9 Å². The topological polar surface area (TPSA) is 26.0 Å². The largest absolute Gasteiger partial charge is 0.284 e. The van der Waals surface area contributed by atoms with Gasteiger partial charge in [-0.3, -0.25) is 9.47 Å². The predicted molar refractivity (Wildman–Crippen MR) is 128 cm³/mol. The van der Waals surface area contributed by atoms with Gasteiger partial charge >= 0.3 is 0 Å². The van der Waals surface area contributed by atoms with E-state index in [2.05, 4.69) is 83.1 Å². The number of likely N-dealkylation sites (tertiary alicyclic amines) is 1. The van der Waals surface area contributed by atoms with Gasteiger partial charge in [0.25, 0.3) is 0 Å². The lowest BCUT2D eigenvalue weighted by Gasteiger charge is -2.16. The summed E-state index contributed by atoms with van der Waals surface area (Å²) >= 11 is 5.91. The van der Waals surface area contributed by atoms with Gasteiger partial charge in [0.05, 0.1) is 6.67 Å². The molecular weight excluding hydrogens is 400 g/mol. The number of benzene rings is 3. The van der Waals surface area contributed by atoms with Crippen LogP contribution in [-0.2, 0) is 6.67 Å². The van der Waals surface area contributed by atoms with Crippen LogP contribution in [0.3, 0.4) is 0 Å². The van der Waals surface area contributed by atoms with E-state index in [-0.39, 0.29) is 0 Å². The number of aryl methyl sites for hydroxylation is 1. The fourth-order valence-electron chi connectivity index (χ4n) is 4.35. The predicted octanol–water partition coefficient (Wildman–Crippen LogP) is 5.83. The summed E-state index contributed by atoms with van der Waals surface area (Å²) in [6.07, 6.45) is 1.17. The molecule has 2 heterocycles. The molecule has 5 rings (SSSR count). The zero-order chi connectivity index (χ0) is 21.2. The first-order valence-corrected chi connectivity index (χ1v) is 11.2. The molecule has 0 spiro atoms. The minimum atomic E-state index is 0.572. The molecule has 4 aromatic rings. The van der Waals surface area contributed by atoms with Crippen LogP contribution in [0.5, 0.6) is 0 Å². The van der Waals surface area contributed by atoms with Crippen molar-refractivity contribution in [3.63, 3.8) is 0 Å². The van der Waals surface area contributed by atoms with Gasteiger partial charge in [-0.15, -0.1) is 5.10 Å². The van der Waals surface area contributed by atoms with E-state index >= 15 is 0 Å². The average Bonchev–Trinajstić information content (AvgIpc) is 3.41. The van der Waals surface area contributed by atoms with Crippen LogP contribution in [0.1, 0.15) is 23.5 Å². The van der Waals surface area contributed by atoms with E-state index in [1.807, 2.05) is 22.9 Å². The van der Waals surface area contributed by atoms with Gasteiger partial charge in [-0.05, 0) is 49.2 Å². The van der Waals surface area contributed by atoms with Crippen LogP contribution >= 0.6 is 12.2 Å². The lowest BCUT2D eigenvalue weighted by Crippen LogP contribution is -2.24. The van der Waals surface area contributed by atoms with Crippen LogP contribution in [-0.4, -0.2) is 32.3 Å². The first-order chi connectivity index (χ1) is 15.2. The van der Waals surface area contributed by atoms with Crippen molar-refractivity contribution in [1.29, 1.82) is 0 Å². The smallest absolute Gasteiger partial charge is 0.204 e. The van der Waals surface area contributed by atoms with Crippen molar-refractivity contribution in [3.05, 3.63) is 101 Å². The van der Waals surface area contributed by atoms with Gasteiger partial charge in [0.2, 0.25) is 4.77 Å². The first kappa shape index (κ1) is 19.9. The zero-order valence-electron chi connectivity index (χ0n) is 17.7. The van der Waals surface area contributed by atoms with Gasteiger partial charge in [-0.2, -0.15) is 0 Å². The monoisotopic (exact) mass is 426 g/mol. The summed E-state index contributed by atoms with van der Waals surface area (Å²) in [5, 5.41) is 4.98. The van der Waals surface area contributed by atoms with Crippen LogP contribution in [0.25, 0.3) is 17.1 Å². The Labute approximate surface area is 188 Å². The number of para-hydroxylation sites is 1. The van der Waals surface area contributed by atoms with Crippen molar-refractivity contribution in [1.82, 2.24) is 19.2 Å². The highest BCUT2D eigenvalue weighted by atomic mass is 32.1. The fourth-order valence-corrected chi connectivity index (χ4v) is 4.64. The highest BCUT2D eigenvalue weighted by molar-refractivity contribution is 7.71. The maximum absolute atomic E-state index is 5.91. The van der Waals surface area contributed by atoms with Crippen LogP contribution < -0.4 is 0 Å². The molecule has 31 heavy (non-hydrogen) atoms. The van der Waals surface area contributed by atoms with E-state index in [1.165, 1.54) is 17.5 Å². The van der Waals surface area contributed by atoms with Crippen LogP contribution in [0.4, 0.5) is 0 Å². The standard InChI is InChI=1S/C26H26N4S/c1-20-12-14-22(15-13-20)25-27-29(26(31)30(25)24-10-6-3-7-11-24)19-28-17-16-23(18-28)21-8-4-2-5-9-21/h2-15,23H,16-19H2,1H3. The third-order valence-electron chi connectivity index (χ3n) is 6.04. The van der Waals surface area contributed by atoms with Crippen molar-refractivity contribution in [2.24, 2.45) is 0 Å². The quantitative estimate of drug-likeness (QED) is 0.376. The fraction of sp³-hybridized carbons (Fsp3) is 0.231. The Morgan fingerprint density at radius 1 is 0.903 bits per heavy atom. The van der Waals surface area contributed by atoms with Crippen LogP contribution in [0.2, 0.25) is 0 Å². The van der Waals surface area contributed by atoms with Gasteiger partial charge in [0.15, 0.2) is 5.82 Å². The Bertz CT molecular complexity index is 1210. The number of aromatic nitrogens is 3. The first-order valence-electron chi connectivity index (χ1n) is 10.8. The van der Waals surface area contributed by atoms with Crippen molar-refractivity contribution in [2.75, 3.05) is 13.1 Å². The SMILES string of the molecule is Cc1ccc(-c2nn(CN3CCC(c4ccccc4)C3)c(=S)n2-c2ccccc2)cc1. The lowest BCUT2D eigenvalue weighted by atomic mass is 9.99.